The number of benzene rings is 2. The molecule has 0 radical (unpaired) electrons. The van der Waals surface area contributed by atoms with Crippen LogP contribution in [0.4, 0.5) is 0 Å². The third kappa shape index (κ3) is 5.99. The van der Waals surface area contributed by atoms with Gasteiger partial charge in [0.05, 0.1) is 24.5 Å². The molecule has 0 saturated heterocycles. The Kier molecular flexibility index (Phi) is 7.32. The zero-order valence-corrected chi connectivity index (χ0v) is 22.2. The standard InChI is InChI=1S/C32H32N4O3/c1-22-29(20-34-31(35-22)25-7-8-25)32(37)36-12-13-38-14-15-39-30-10-9-26(27-6-3-11-33-19-27)18-28(30)17-23-4-2-5-24(16-23)21-36/h2-6,9-11,16,18-20,25H,7-8,12-15,17,21H2,1H3. The molecule has 1 aliphatic carbocycles. The van der Waals surface area contributed by atoms with Crippen LogP contribution in [-0.4, -0.2) is 52.1 Å². The summed E-state index contributed by atoms with van der Waals surface area (Å²) in [4.78, 5) is 28.9. The number of carbonyl (C=O) groups is 1. The molecule has 2 aromatic heterocycles. The molecule has 2 aliphatic rings. The van der Waals surface area contributed by atoms with Gasteiger partial charge in [-0.15, -0.1) is 0 Å². The maximum absolute atomic E-state index is 13.6. The second-order valence-electron chi connectivity index (χ2n) is 10.3. The molecule has 0 spiro atoms. The van der Waals surface area contributed by atoms with Crippen LogP contribution in [0.1, 0.15) is 57.3 Å². The molecule has 0 N–H and O–H groups in total. The Morgan fingerprint density at radius 1 is 0.949 bits per heavy atom. The van der Waals surface area contributed by atoms with Gasteiger partial charge in [-0.2, -0.15) is 0 Å². The average Bonchev–Trinajstić information content (AvgIpc) is 3.81. The molecule has 6 rings (SSSR count). The minimum atomic E-state index is -0.0707. The van der Waals surface area contributed by atoms with Gasteiger partial charge in [0, 0.05) is 49.6 Å². The molecule has 7 heteroatoms. The van der Waals surface area contributed by atoms with Gasteiger partial charge in [-0.25, -0.2) is 9.97 Å². The number of pyridine rings is 1. The Bertz CT molecular complexity index is 1470. The topological polar surface area (TPSA) is 77.4 Å². The number of aromatic nitrogens is 3. The number of amides is 1. The highest BCUT2D eigenvalue weighted by Crippen LogP contribution is 2.38. The molecule has 1 fully saturated rings. The number of carbonyl (C=O) groups excluding carboxylic acids is 1. The van der Waals surface area contributed by atoms with Crippen LogP contribution >= 0.6 is 0 Å². The summed E-state index contributed by atoms with van der Waals surface area (Å²) in [6, 6.07) is 18.7. The van der Waals surface area contributed by atoms with E-state index in [2.05, 4.69) is 57.4 Å². The van der Waals surface area contributed by atoms with Crippen LogP contribution in [0.5, 0.6) is 5.75 Å². The fraction of sp³-hybridized carbons (Fsp3) is 0.312. The van der Waals surface area contributed by atoms with Crippen molar-refractivity contribution < 1.29 is 14.3 Å². The van der Waals surface area contributed by atoms with E-state index in [9.17, 15) is 4.79 Å². The zero-order chi connectivity index (χ0) is 26.6. The fourth-order valence-corrected chi connectivity index (χ4v) is 4.99. The third-order valence-electron chi connectivity index (χ3n) is 7.26. The molecule has 1 aliphatic heterocycles. The number of fused-ring (bicyclic) bond motifs is 3. The molecule has 2 bridgehead atoms. The smallest absolute Gasteiger partial charge is 0.257 e. The van der Waals surface area contributed by atoms with Crippen molar-refractivity contribution in [3.8, 4) is 16.9 Å². The van der Waals surface area contributed by atoms with E-state index < -0.39 is 0 Å². The van der Waals surface area contributed by atoms with E-state index in [1.165, 1.54) is 0 Å². The lowest BCUT2D eigenvalue weighted by molar-refractivity contribution is 0.0570. The number of nitrogens with zero attached hydrogens (tertiary/aromatic N) is 4. The van der Waals surface area contributed by atoms with Crippen molar-refractivity contribution in [3.63, 3.8) is 0 Å². The molecular weight excluding hydrogens is 488 g/mol. The second kappa shape index (κ2) is 11.3. The van der Waals surface area contributed by atoms with E-state index in [-0.39, 0.29) is 5.91 Å². The van der Waals surface area contributed by atoms with Gasteiger partial charge in [-0.3, -0.25) is 9.78 Å². The molecule has 0 unspecified atom stereocenters. The van der Waals surface area contributed by atoms with Crippen LogP contribution in [0, 0.1) is 6.92 Å². The Morgan fingerprint density at radius 2 is 1.85 bits per heavy atom. The van der Waals surface area contributed by atoms with Crippen LogP contribution in [0.3, 0.4) is 0 Å². The summed E-state index contributed by atoms with van der Waals surface area (Å²) in [5.74, 6) is 2.09. The van der Waals surface area contributed by atoms with E-state index >= 15 is 0 Å². The Labute approximate surface area is 228 Å². The van der Waals surface area contributed by atoms with Crippen molar-refractivity contribution >= 4 is 5.91 Å². The number of ether oxygens (including phenoxy) is 2. The Morgan fingerprint density at radius 3 is 2.67 bits per heavy atom. The molecule has 1 amide bonds. The van der Waals surface area contributed by atoms with Crippen molar-refractivity contribution in [1.29, 1.82) is 0 Å². The van der Waals surface area contributed by atoms with Gasteiger partial charge in [-0.05, 0) is 60.2 Å². The van der Waals surface area contributed by atoms with Crippen molar-refractivity contribution in [3.05, 3.63) is 107 Å². The van der Waals surface area contributed by atoms with Crippen molar-refractivity contribution in [1.82, 2.24) is 19.9 Å². The Hall–Kier alpha value is -4.10. The first-order valence-electron chi connectivity index (χ1n) is 13.6. The summed E-state index contributed by atoms with van der Waals surface area (Å²) < 4.78 is 12.0. The van der Waals surface area contributed by atoms with Crippen LogP contribution in [0.2, 0.25) is 0 Å². The highest BCUT2D eigenvalue weighted by molar-refractivity contribution is 5.95. The molecule has 0 atom stereocenters. The molecule has 1 saturated carbocycles. The first-order valence-corrected chi connectivity index (χ1v) is 13.6. The van der Waals surface area contributed by atoms with E-state index in [0.717, 1.165) is 57.9 Å². The predicted molar refractivity (Wildman–Crippen MR) is 149 cm³/mol. The lowest BCUT2D eigenvalue weighted by Crippen LogP contribution is -2.34. The van der Waals surface area contributed by atoms with E-state index in [4.69, 9.17) is 9.47 Å². The normalized spacial score (nSPS) is 16.1. The van der Waals surface area contributed by atoms with E-state index in [1.807, 2.05) is 30.2 Å². The SMILES string of the molecule is Cc1nc(C2CC2)ncc1C(=O)N1CCOCCOc2ccc(-c3cccnc3)cc2Cc2cccc(c2)C1. The highest BCUT2D eigenvalue weighted by atomic mass is 16.5. The lowest BCUT2D eigenvalue weighted by atomic mass is 9.98. The summed E-state index contributed by atoms with van der Waals surface area (Å²) in [7, 11) is 0. The molecule has 7 nitrogen and oxygen atoms in total. The quantitative estimate of drug-likeness (QED) is 0.362. The average molecular weight is 521 g/mol. The fourth-order valence-electron chi connectivity index (χ4n) is 4.99. The van der Waals surface area contributed by atoms with Gasteiger partial charge in [0.15, 0.2) is 0 Å². The minimum absolute atomic E-state index is 0.0707. The summed E-state index contributed by atoms with van der Waals surface area (Å²) in [5, 5.41) is 0. The van der Waals surface area contributed by atoms with Crippen molar-refractivity contribution in [2.75, 3.05) is 26.4 Å². The second-order valence-corrected chi connectivity index (χ2v) is 10.3. The van der Waals surface area contributed by atoms with Gasteiger partial charge < -0.3 is 14.4 Å². The van der Waals surface area contributed by atoms with Crippen LogP contribution < -0.4 is 4.74 Å². The van der Waals surface area contributed by atoms with Crippen molar-refractivity contribution in [2.45, 2.75) is 38.6 Å². The number of hydrogen-bond donors (Lipinski definition) is 0. The predicted octanol–water partition coefficient (Wildman–Crippen LogP) is 5.37. The summed E-state index contributed by atoms with van der Waals surface area (Å²) in [5.41, 5.74) is 6.78. The highest BCUT2D eigenvalue weighted by Gasteiger charge is 2.28. The third-order valence-corrected chi connectivity index (χ3v) is 7.26. The van der Waals surface area contributed by atoms with Crippen LogP contribution in [0.25, 0.3) is 11.1 Å². The summed E-state index contributed by atoms with van der Waals surface area (Å²) in [6.07, 6.45) is 8.32. The van der Waals surface area contributed by atoms with Gasteiger partial charge >= 0.3 is 0 Å². The van der Waals surface area contributed by atoms with E-state index in [1.54, 1.807) is 12.4 Å². The molecule has 4 aromatic rings. The maximum atomic E-state index is 13.6. The van der Waals surface area contributed by atoms with Crippen LogP contribution in [0.15, 0.2) is 73.2 Å². The molecule has 3 heterocycles. The largest absolute Gasteiger partial charge is 0.491 e. The number of aryl methyl sites for hydroxylation is 1. The molecule has 198 valence electrons. The van der Waals surface area contributed by atoms with Crippen molar-refractivity contribution in [2.24, 2.45) is 0 Å². The van der Waals surface area contributed by atoms with Crippen LogP contribution in [-0.2, 0) is 17.7 Å². The molecular formula is C32H32N4O3. The monoisotopic (exact) mass is 520 g/mol. The van der Waals surface area contributed by atoms with Gasteiger partial charge in [0.2, 0.25) is 0 Å². The molecule has 39 heavy (non-hydrogen) atoms. The Balaban J connectivity index is 1.28. The van der Waals surface area contributed by atoms with E-state index in [0.29, 0.717) is 50.8 Å². The summed E-state index contributed by atoms with van der Waals surface area (Å²) in [6.45, 7) is 4.15. The lowest BCUT2D eigenvalue weighted by Gasteiger charge is -2.24. The first kappa shape index (κ1) is 25.2. The number of rotatable bonds is 3. The first-order chi connectivity index (χ1) is 19.1. The van der Waals surface area contributed by atoms with Gasteiger partial charge in [0.25, 0.3) is 5.91 Å². The molecule has 2 aromatic carbocycles. The van der Waals surface area contributed by atoms with Gasteiger partial charge in [0.1, 0.15) is 18.2 Å². The zero-order valence-electron chi connectivity index (χ0n) is 22.2. The number of hydrogen-bond acceptors (Lipinski definition) is 6. The summed E-state index contributed by atoms with van der Waals surface area (Å²) >= 11 is 0. The van der Waals surface area contributed by atoms with Gasteiger partial charge in [-0.1, -0.05) is 36.4 Å². The maximum Gasteiger partial charge on any atom is 0.257 e. The minimum Gasteiger partial charge on any atom is -0.491 e.